The molecule has 3 N–H and O–H groups in total. The standard InChI is InChI=1S/C10H12FNO2/c1-6-2-7(4-8(11)3-6)5-9(12)10(13)14/h2-4,9H,5,12H2,1H3,(H,13,14). The minimum atomic E-state index is -1.08. The van der Waals surface area contributed by atoms with Crippen LogP contribution in [0, 0.1) is 12.7 Å². The fourth-order valence-electron chi connectivity index (χ4n) is 1.27. The van der Waals surface area contributed by atoms with E-state index in [0.29, 0.717) is 5.56 Å². The highest BCUT2D eigenvalue weighted by Crippen LogP contribution is 2.09. The van der Waals surface area contributed by atoms with Crippen LogP contribution in [-0.2, 0) is 11.2 Å². The van der Waals surface area contributed by atoms with Crippen molar-refractivity contribution in [1.82, 2.24) is 0 Å². The summed E-state index contributed by atoms with van der Waals surface area (Å²) in [6.07, 6.45) is 0.147. The topological polar surface area (TPSA) is 63.3 Å². The Labute approximate surface area is 81.4 Å². The van der Waals surface area contributed by atoms with Gasteiger partial charge in [0.05, 0.1) is 0 Å². The van der Waals surface area contributed by atoms with Gasteiger partial charge in [0.15, 0.2) is 0 Å². The molecule has 1 aromatic rings. The number of aliphatic carboxylic acids is 1. The Morgan fingerprint density at radius 1 is 1.57 bits per heavy atom. The molecule has 3 nitrogen and oxygen atoms in total. The molecule has 0 amide bonds. The zero-order valence-corrected chi connectivity index (χ0v) is 7.83. The molecule has 1 atom stereocenters. The summed E-state index contributed by atoms with van der Waals surface area (Å²) in [4.78, 5) is 10.5. The molecule has 0 saturated heterocycles. The lowest BCUT2D eigenvalue weighted by Gasteiger charge is -2.07. The molecule has 0 aliphatic carbocycles. The Balaban J connectivity index is 2.81. The van der Waals surface area contributed by atoms with E-state index in [1.54, 1.807) is 13.0 Å². The minimum Gasteiger partial charge on any atom is -0.480 e. The van der Waals surface area contributed by atoms with Gasteiger partial charge in [0, 0.05) is 0 Å². The van der Waals surface area contributed by atoms with Gasteiger partial charge in [-0.25, -0.2) is 4.39 Å². The normalized spacial score (nSPS) is 12.5. The SMILES string of the molecule is Cc1cc(F)cc(CC(N)C(=O)O)c1. The van der Waals surface area contributed by atoms with Gasteiger partial charge >= 0.3 is 5.97 Å². The number of benzene rings is 1. The minimum absolute atomic E-state index is 0.147. The maximum atomic E-state index is 12.9. The molecule has 4 heteroatoms. The van der Waals surface area contributed by atoms with Crippen LogP contribution in [-0.4, -0.2) is 17.1 Å². The largest absolute Gasteiger partial charge is 0.480 e. The van der Waals surface area contributed by atoms with E-state index in [1.807, 2.05) is 0 Å². The fourth-order valence-corrected chi connectivity index (χ4v) is 1.27. The molecule has 0 fully saturated rings. The van der Waals surface area contributed by atoms with Crippen LogP contribution in [0.4, 0.5) is 4.39 Å². The Hall–Kier alpha value is -1.42. The number of halogens is 1. The summed E-state index contributed by atoms with van der Waals surface area (Å²) in [5.41, 5.74) is 6.70. The monoisotopic (exact) mass is 197 g/mol. The summed E-state index contributed by atoms with van der Waals surface area (Å²) < 4.78 is 12.9. The lowest BCUT2D eigenvalue weighted by Crippen LogP contribution is -2.32. The van der Waals surface area contributed by atoms with Gasteiger partial charge in [0.25, 0.3) is 0 Å². The van der Waals surface area contributed by atoms with E-state index >= 15 is 0 Å². The van der Waals surface area contributed by atoms with Gasteiger partial charge in [-0.3, -0.25) is 4.79 Å². The highest BCUT2D eigenvalue weighted by atomic mass is 19.1. The summed E-state index contributed by atoms with van der Waals surface area (Å²) >= 11 is 0. The van der Waals surface area contributed by atoms with Crippen LogP contribution in [0.25, 0.3) is 0 Å². The van der Waals surface area contributed by atoms with Crippen molar-refractivity contribution in [3.05, 3.63) is 35.1 Å². The molecule has 0 aliphatic heterocycles. The molecule has 0 aromatic heterocycles. The van der Waals surface area contributed by atoms with Crippen molar-refractivity contribution >= 4 is 5.97 Å². The Kier molecular flexibility index (Phi) is 3.19. The Bertz CT molecular complexity index is 332. The van der Waals surface area contributed by atoms with E-state index in [-0.39, 0.29) is 12.2 Å². The first-order valence-corrected chi connectivity index (χ1v) is 4.23. The number of hydrogen-bond donors (Lipinski definition) is 2. The average Bonchev–Trinajstić information content (AvgIpc) is 2.01. The molecule has 1 unspecified atom stereocenters. The molecular formula is C10H12FNO2. The summed E-state index contributed by atoms with van der Waals surface area (Å²) in [5.74, 6) is -1.44. The summed E-state index contributed by atoms with van der Waals surface area (Å²) in [6.45, 7) is 1.75. The van der Waals surface area contributed by atoms with Crippen LogP contribution in [0.3, 0.4) is 0 Å². The van der Waals surface area contributed by atoms with Crippen LogP contribution in [0.5, 0.6) is 0 Å². The summed E-state index contributed by atoms with van der Waals surface area (Å²) in [5, 5.41) is 8.56. The fraction of sp³-hybridized carbons (Fsp3) is 0.300. The lowest BCUT2D eigenvalue weighted by molar-refractivity contribution is -0.138. The van der Waals surface area contributed by atoms with Gasteiger partial charge in [-0.15, -0.1) is 0 Å². The summed E-state index contributed by atoms with van der Waals surface area (Å²) in [6, 6.07) is 3.44. The Morgan fingerprint density at radius 3 is 2.71 bits per heavy atom. The highest BCUT2D eigenvalue weighted by Gasteiger charge is 2.12. The smallest absolute Gasteiger partial charge is 0.320 e. The second kappa shape index (κ2) is 4.19. The molecule has 0 saturated carbocycles. The van der Waals surface area contributed by atoms with Crippen molar-refractivity contribution < 1.29 is 14.3 Å². The maximum absolute atomic E-state index is 12.9. The predicted molar refractivity (Wildman–Crippen MR) is 50.5 cm³/mol. The molecule has 1 rings (SSSR count). The molecule has 1 aromatic carbocycles. The van der Waals surface area contributed by atoms with E-state index in [0.717, 1.165) is 5.56 Å². The van der Waals surface area contributed by atoms with Gasteiger partial charge in [-0.1, -0.05) is 6.07 Å². The third-order valence-electron chi connectivity index (χ3n) is 1.87. The quantitative estimate of drug-likeness (QED) is 0.762. The van der Waals surface area contributed by atoms with Crippen LogP contribution < -0.4 is 5.73 Å². The van der Waals surface area contributed by atoms with Crippen molar-refractivity contribution in [3.8, 4) is 0 Å². The van der Waals surface area contributed by atoms with E-state index in [2.05, 4.69) is 0 Å². The lowest BCUT2D eigenvalue weighted by atomic mass is 10.0. The number of carbonyl (C=O) groups is 1. The van der Waals surface area contributed by atoms with Crippen molar-refractivity contribution in [3.63, 3.8) is 0 Å². The first-order valence-electron chi connectivity index (χ1n) is 4.23. The summed E-state index contributed by atoms with van der Waals surface area (Å²) in [7, 11) is 0. The molecular weight excluding hydrogens is 185 g/mol. The Morgan fingerprint density at radius 2 is 2.21 bits per heavy atom. The van der Waals surface area contributed by atoms with Crippen molar-refractivity contribution in [2.45, 2.75) is 19.4 Å². The molecule has 0 radical (unpaired) electrons. The molecule has 0 spiro atoms. The highest BCUT2D eigenvalue weighted by molar-refractivity contribution is 5.73. The number of nitrogens with two attached hydrogens (primary N) is 1. The average molecular weight is 197 g/mol. The van der Waals surface area contributed by atoms with E-state index in [9.17, 15) is 9.18 Å². The molecule has 0 heterocycles. The first kappa shape index (κ1) is 10.7. The zero-order valence-electron chi connectivity index (χ0n) is 7.83. The third kappa shape index (κ3) is 2.81. The number of rotatable bonds is 3. The van der Waals surface area contributed by atoms with E-state index in [1.165, 1.54) is 12.1 Å². The number of aryl methyl sites for hydroxylation is 1. The van der Waals surface area contributed by atoms with Crippen molar-refractivity contribution in [2.24, 2.45) is 5.73 Å². The first-order chi connectivity index (χ1) is 6.49. The van der Waals surface area contributed by atoms with Crippen molar-refractivity contribution in [1.29, 1.82) is 0 Å². The second-order valence-corrected chi connectivity index (χ2v) is 3.29. The van der Waals surface area contributed by atoms with Gasteiger partial charge < -0.3 is 10.8 Å². The molecule has 0 bridgehead atoms. The third-order valence-corrected chi connectivity index (χ3v) is 1.87. The van der Waals surface area contributed by atoms with Gasteiger partial charge in [0.2, 0.25) is 0 Å². The van der Waals surface area contributed by atoms with E-state index < -0.39 is 12.0 Å². The van der Waals surface area contributed by atoms with Gasteiger partial charge in [-0.2, -0.15) is 0 Å². The molecule has 76 valence electrons. The van der Waals surface area contributed by atoms with Crippen molar-refractivity contribution in [2.75, 3.05) is 0 Å². The van der Waals surface area contributed by atoms with Crippen LogP contribution in [0.15, 0.2) is 18.2 Å². The van der Waals surface area contributed by atoms with Gasteiger partial charge in [0.1, 0.15) is 11.9 Å². The van der Waals surface area contributed by atoms with E-state index in [4.69, 9.17) is 10.8 Å². The number of carboxylic acids is 1. The van der Waals surface area contributed by atoms with Crippen LogP contribution >= 0.6 is 0 Å². The van der Waals surface area contributed by atoms with Crippen LogP contribution in [0.1, 0.15) is 11.1 Å². The zero-order chi connectivity index (χ0) is 10.7. The van der Waals surface area contributed by atoms with Gasteiger partial charge in [-0.05, 0) is 36.6 Å². The second-order valence-electron chi connectivity index (χ2n) is 3.29. The predicted octanol–water partition coefficient (Wildman–Crippen LogP) is 1.09. The van der Waals surface area contributed by atoms with Crippen LogP contribution in [0.2, 0.25) is 0 Å². The maximum Gasteiger partial charge on any atom is 0.320 e. The number of hydrogen-bond acceptors (Lipinski definition) is 2. The number of carboxylic acid groups (broad SMARTS) is 1. The molecule has 0 aliphatic rings. The molecule has 14 heavy (non-hydrogen) atoms.